The van der Waals surface area contributed by atoms with E-state index in [4.69, 9.17) is 14.6 Å². The van der Waals surface area contributed by atoms with E-state index < -0.39 is 6.04 Å². The van der Waals surface area contributed by atoms with Crippen LogP contribution in [0.2, 0.25) is 0 Å². The van der Waals surface area contributed by atoms with Crippen molar-refractivity contribution in [1.82, 2.24) is 19.9 Å². The first kappa shape index (κ1) is 22.2. The van der Waals surface area contributed by atoms with E-state index in [1.54, 1.807) is 31.8 Å². The summed E-state index contributed by atoms with van der Waals surface area (Å²) in [6.45, 7) is 0.119. The summed E-state index contributed by atoms with van der Waals surface area (Å²) in [7, 11) is 3.06. The molecule has 9 heteroatoms. The predicted octanol–water partition coefficient (Wildman–Crippen LogP) is 3.33. The van der Waals surface area contributed by atoms with E-state index in [1.165, 1.54) is 19.5 Å². The summed E-state index contributed by atoms with van der Waals surface area (Å²) in [6, 6.07) is 6.86. The van der Waals surface area contributed by atoms with Crippen molar-refractivity contribution >= 4 is 22.4 Å². The lowest BCUT2D eigenvalue weighted by Gasteiger charge is -2.18. The maximum Gasteiger partial charge on any atom is 0.231 e. The number of aromatic nitrogens is 4. The molecular weight excluding hydrogens is 422 g/mol. The Bertz CT molecular complexity index is 1240. The van der Waals surface area contributed by atoms with E-state index in [0.29, 0.717) is 35.0 Å². The fourth-order valence-corrected chi connectivity index (χ4v) is 3.60. The number of rotatable bonds is 10. The molecule has 0 saturated heterocycles. The molecule has 1 aromatic carbocycles. The Morgan fingerprint density at radius 2 is 2.00 bits per heavy atom. The van der Waals surface area contributed by atoms with Crippen molar-refractivity contribution < 1.29 is 19.4 Å². The first-order chi connectivity index (χ1) is 16.1. The summed E-state index contributed by atoms with van der Waals surface area (Å²) in [5.74, 6) is 0.740. The van der Waals surface area contributed by atoms with Crippen LogP contribution in [0.15, 0.2) is 55.2 Å². The van der Waals surface area contributed by atoms with E-state index in [1.807, 2.05) is 18.2 Å². The third-order valence-corrected chi connectivity index (χ3v) is 5.31. The number of methoxy groups -OCH3 is 2. The van der Waals surface area contributed by atoms with Crippen LogP contribution in [-0.2, 0) is 6.42 Å². The first-order valence-electron chi connectivity index (χ1n) is 10.5. The number of ether oxygens (including phenoxy) is 2. The standard InChI is InChI=1S/C24H25N5O4/c1-32-17-9-16(10-25-11-17)29-23(21-13-28-22(33-2)14-27-21)24(31)19-12-26-20-6-5-15(4-3-7-30)8-18(19)20/h5-6,8-14,23,26,29-30H,3-4,7H2,1-2H3. The largest absolute Gasteiger partial charge is 0.495 e. The number of nitrogens with zero attached hydrogens (tertiary/aromatic N) is 3. The highest BCUT2D eigenvalue weighted by atomic mass is 16.5. The topological polar surface area (TPSA) is 122 Å². The molecule has 4 aromatic rings. The summed E-state index contributed by atoms with van der Waals surface area (Å²) < 4.78 is 10.4. The highest BCUT2D eigenvalue weighted by molar-refractivity contribution is 6.11. The van der Waals surface area contributed by atoms with E-state index in [9.17, 15) is 4.79 Å². The number of anilines is 1. The molecular formula is C24H25N5O4. The molecule has 0 bridgehead atoms. The van der Waals surface area contributed by atoms with Crippen LogP contribution < -0.4 is 14.8 Å². The number of Topliss-reactive ketones (excluding diaryl/α,β-unsaturated/α-hetero) is 1. The van der Waals surface area contributed by atoms with Gasteiger partial charge in [0.1, 0.15) is 11.8 Å². The van der Waals surface area contributed by atoms with Crippen LogP contribution in [0.4, 0.5) is 5.69 Å². The van der Waals surface area contributed by atoms with Crippen LogP contribution in [0.3, 0.4) is 0 Å². The number of hydrogen-bond acceptors (Lipinski definition) is 8. The minimum Gasteiger partial charge on any atom is -0.495 e. The molecule has 3 aromatic heterocycles. The summed E-state index contributed by atoms with van der Waals surface area (Å²) in [6.07, 6.45) is 9.29. The Labute approximate surface area is 190 Å². The van der Waals surface area contributed by atoms with Gasteiger partial charge in [0.05, 0.1) is 50.4 Å². The number of aryl methyl sites for hydroxylation is 1. The van der Waals surface area contributed by atoms with Crippen molar-refractivity contribution in [2.45, 2.75) is 18.9 Å². The van der Waals surface area contributed by atoms with Gasteiger partial charge in [-0.3, -0.25) is 14.8 Å². The third kappa shape index (κ3) is 4.93. The van der Waals surface area contributed by atoms with Crippen LogP contribution in [-0.4, -0.2) is 51.7 Å². The molecule has 1 unspecified atom stereocenters. The molecule has 0 spiro atoms. The zero-order valence-electron chi connectivity index (χ0n) is 18.4. The zero-order valence-corrected chi connectivity index (χ0v) is 18.4. The summed E-state index contributed by atoms with van der Waals surface area (Å²) in [5, 5.41) is 13.2. The van der Waals surface area contributed by atoms with Crippen LogP contribution >= 0.6 is 0 Å². The number of nitrogens with one attached hydrogen (secondary N) is 2. The molecule has 0 aliphatic carbocycles. The van der Waals surface area contributed by atoms with Gasteiger partial charge in [-0.1, -0.05) is 6.07 Å². The minimum atomic E-state index is -0.822. The number of carbonyl (C=O) groups excluding carboxylic acids is 1. The maximum absolute atomic E-state index is 13.8. The number of aliphatic hydroxyl groups is 1. The predicted molar refractivity (Wildman–Crippen MR) is 124 cm³/mol. The fraction of sp³-hybridized carbons (Fsp3) is 0.250. The van der Waals surface area contributed by atoms with Gasteiger partial charge in [0.25, 0.3) is 0 Å². The molecule has 0 aliphatic rings. The van der Waals surface area contributed by atoms with E-state index in [-0.39, 0.29) is 12.4 Å². The van der Waals surface area contributed by atoms with Gasteiger partial charge in [-0.05, 0) is 30.5 Å². The van der Waals surface area contributed by atoms with Gasteiger partial charge < -0.3 is 24.9 Å². The number of aliphatic hydroxyl groups excluding tert-OH is 1. The lowest BCUT2D eigenvalue weighted by atomic mass is 9.99. The van der Waals surface area contributed by atoms with Crippen LogP contribution in [0.25, 0.3) is 10.9 Å². The smallest absolute Gasteiger partial charge is 0.231 e. The number of H-pyrrole nitrogens is 1. The third-order valence-electron chi connectivity index (χ3n) is 5.31. The number of aromatic amines is 1. The molecule has 0 saturated carbocycles. The van der Waals surface area contributed by atoms with Gasteiger partial charge in [-0.2, -0.15) is 0 Å². The molecule has 9 nitrogen and oxygen atoms in total. The Morgan fingerprint density at radius 1 is 1.12 bits per heavy atom. The fourth-order valence-electron chi connectivity index (χ4n) is 3.60. The van der Waals surface area contributed by atoms with Crippen molar-refractivity contribution in [2.75, 3.05) is 26.1 Å². The van der Waals surface area contributed by atoms with Gasteiger partial charge in [-0.25, -0.2) is 4.98 Å². The van der Waals surface area contributed by atoms with Crippen molar-refractivity contribution in [3.05, 3.63) is 72.1 Å². The number of carbonyl (C=O) groups is 1. The number of pyridine rings is 1. The highest BCUT2D eigenvalue weighted by Gasteiger charge is 2.26. The Hall–Kier alpha value is -3.98. The number of hydrogen-bond donors (Lipinski definition) is 3. The van der Waals surface area contributed by atoms with E-state index in [2.05, 4.69) is 25.3 Å². The molecule has 0 amide bonds. The van der Waals surface area contributed by atoms with Crippen LogP contribution in [0.1, 0.15) is 34.1 Å². The second-order valence-electron chi connectivity index (χ2n) is 7.45. The SMILES string of the molecule is COc1cncc(NC(C(=O)c2c[nH]c3ccc(CCCO)cc23)c2cnc(OC)cn2)c1. The Balaban J connectivity index is 1.73. The molecule has 1 atom stereocenters. The van der Waals surface area contributed by atoms with Crippen LogP contribution in [0.5, 0.6) is 11.6 Å². The normalized spacial score (nSPS) is 11.8. The van der Waals surface area contributed by atoms with E-state index >= 15 is 0 Å². The molecule has 3 heterocycles. The zero-order chi connectivity index (χ0) is 23.2. The molecule has 3 N–H and O–H groups in total. The highest BCUT2D eigenvalue weighted by Crippen LogP contribution is 2.28. The van der Waals surface area contributed by atoms with Gasteiger partial charge in [-0.15, -0.1) is 0 Å². The average molecular weight is 447 g/mol. The van der Waals surface area contributed by atoms with Gasteiger partial charge >= 0.3 is 0 Å². The minimum absolute atomic E-state index is 0.119. The van der Waals surface area contributed by atoms with Crippen molar-refractivity contribution in [2.24, 2.45) is 0 Å². The van der Waals surface area contributed by atoms with Gasteiger partial charge in [0.2, 0.25) is 5.88 Å². The molecule has 33 heavy (non-hydrogen) atoms. The maximum atomic E-state index is 13.8. The molecule has 0 radical (unpaired) electrons. The first-order valence-corrected chi connectivity index (χ1v) is 10.5. The summed E-state index contributed by atoms with van der Waals surface area (Å²) >= 11 is 0. The lowest BCUT2D eigenvalue weighted by Crippen LogP contribution is -2.22. The average Bonchev–Trinajstić information content (AvgIpc) is 3.29. The molecule has 0 aliphatic heterocycles. The summed E-state index contributed by atoms with van der Waals surface area (Å²) in [4.78, 5) is 29.7. The van der Waals surface area contributed by atoms with Crippen molar-refractivity contribution in [3.8, 4) is 11.6 Å². The summed E-state index contributed by atoms with van der Waals surface area (Å²) in [5.41, 5.74) is 3.48. The second-order valence-corrected chi connectivity index (χ2v) is 7.45. The second kappa shape index (κ2) is 10.1. The number of benzene rings is 1. The van der Waals surface area contributed by atoms with E-state index in [0.717, 1.165) is 22.9 Å². The lowest BCUT2D eigenvalue weighted by molar-refractivity contribution is 0.0969. The Kier molecular flexibility index (Phi) is 6.80. The molecule has 4 rings (SSSR count). The number of ketones is 1. The van der Waals surface area contributed by atoms with Crippen LogP contribution in [0, 0.1) is 0 Å². The monoisotopic (exact) mass is 447 g/mol. The van der Waals surface area contributed by atoms with Crippen molar-refractivity contribution in [3.63, 3.8) is 0 Å². The number of fused-ring (bicyclic) bond motifs is 1. The van der Waals surface area contributed by atoms with Gasteiger partial charge in [0.15, 0.2) is 5.78 Å². The Morgan fingerprint density at radius 3 is 2.73 bits per heavy atom. The van der Waals surface area contributed by atoms with Crippen molar-refractivity contribution in [1.29, 1.82) is 0 Å². The molecule has 170 valence electrons. The van der Waals surface area contributed by atoms with Gasteiger partial charge in [0, 0.05) is 35.3 Å². The molecule has 0 fully saturated rings. The quantitative estimate of drug-likeness (QED) is 0.317.